The second-order valence-corrected chi connectivity index (χ2v) is 5.41. The molecule has 0 unspecified atom stereocenters. The Morgan fingerprint density at radius 3 is 2.59 bits per heavy atom. The Labute approximate surface area is 128 Å². The minimum Gasteiger partial charge on any atom is -0.461 e. The van der Waals surface area contributed by atoms with E-state index in [2.05, 4.69) is 15.6 Å². The number of aliphatic hydroxyl groups is 1. The number of aromatic nitrogens is 3. The van der Waals surface area contributed by atoms with Gasteiger partial charge in [0.2, 0.25) is 0 Å². The van der Waals surface area contributed by atoms with Crippen molar-refractivity contribution in [2.24, 2.45) is 0 Å². The van der Waals surface area contributed by atoms with Gasteiger partial charge in [-0.3, -0.25) is 0 Å². The first kappa shape index (κ1) is 17.9. The number of alkyl carbamates (subject to hydrolysis) is 1. The summed E-state index contributed by atoms with van der Waals surface area (Å²) in [7, 11) is 0. The highest BCUT2D eigenvalue weighted by molar-refractivity contribution is 5.88. The molecule has 0 aliphatic rings. The summed E-state index contributed by atoms with van der Waals surface area (Å²) in [6.45, 7) is 7.06. The fraction of sp³-hybridized carbons (Fsp3) is 0.692. The molecule has 2 N–H and O–H groups in total. The van der Waals surface area contributed by atoms with Crippen LogP contribution in [0.1, 0.15) is 43.9 Å². The van der Waals surface area contributed by atoms with E-state index in [-0.39, 0.29) is 32.0 Å². The van der Waals surface area contributed by atoms with Crippen LogP contribution in [0.25, 0.3) is 0 Å². The van der Waals surface area contributed by atoms with Crippen LogP contribution in [0, 0.1) is 0 Å². The van der Waals surface area contributed by atoms with Crippen molar-refractivity contribution in [1.82, 2.24) is 20.3 Å². The number of rotatable bonds is 6. The monoisotopic (exact) mass is 314 g/mol. The third-order valence-corrected chi connectivity index (χ3v) is 2.42. The van der Waals surface area contributed by atoms with Gasteiger partial charge in [-0.05, 0) is 27.7 Å². The van der Waals surface area contributed by atoms with Crippen LogP contribution < -0.4 is 5.32 Å². The summed E-state index contributed by atoms with van der Waals surface area (Å²) in [5, 5.41) is 19.1. The molecule has 1 amide bonds. The molecule has 1 aromatic heterocycles. The molecule has 0 atom stereocenters. The minimum atomic E-state index is -0.632. The quantitative estimate of drug-likeness (QED) is 0.733. The summed E-state index contributed by atoms with van der Waals surface area (Å²) in [5.74, 6) is -0.632. The number of esters is 1. The molecular formula is C13H22N4O5. The number of nitrogens with one attached hydrogen (secondary N) is 1. The lowest BCUT2D eigenvalue weighted by molar-refractivity contribution is 0.0497. The Morgan fingerprint density at radius 1 is 1.36 bits per heavy atom. The largest absolute Gasteiger partial charge is 0.461 e. The molecular weight excluding hydrogens is 292 g/mol. The van der Waals surface area contributed by atoms with Gasteiger partial charge >= 0.3 is 12.1 Å². The number of nitrogens with zero attached hydrogens (tertiary/aromatic N) is 3. The Bertz CT molecular complexity index is 521. The molecule has 0 aliphatic heterocycles. The first-order valence-corrected chi connectivity index (χ1v) is 6.95. The summed E-state index contributed by atoms with van der Waals surface area (Å²) >= 11 is 0. The lowest BCUT2D eigenvalue weighted by Crippen LogP contribution is -2.33. The standard InChI is InChI=1S/C13H22N4O5/c1-5-21-11(19)10-9(17(6-7-18)16-15-10)8-14-12(20)22-13(2,3)4/h18H,5-8H2,1-4H3,(H,14,20). The second kappa shape index (κ2) is 7.74. The average Bonchev–Trinajstić information content (AvgIpc) is 2.78. The van der Waals surface area contributed by atoms with Gasteiger partial charge in [0.15, 0.2) is 5.69 Å². The maximum Gasteiger partial charge on any atom is 0.407 e. The van der Waals surface area contributed by atoms with Gasteiger partial charge in [-0.1, -0.05) is 5.21 Å². The van der Waals surface area contributed by atoms with Gasteiger partial charge in [0, 0.05) is 0 Å². The van der Waals surface area contributed by atoms with E-state index < -0.39 is 17.7 Å². The Balaban J connectivity index is 2.84. The van der Waals surface area contributed by atoms with Crippen LogP contribution in [-0.2, 0) is 22.6 Å². The highest BCUT2D eigenvalue weighted by Crippen LogP contribution is 2.10. The number of carbonyl (C=O) groups excluding carboxylic acids is 2. The van der Waals surface area contributed by atoms with Crippen molar-refractivity contribution in [3.8, 4) is 0 Å². The molecule has 1 aromatic rings. The van der Waals surface area contributed by atoms with Gasteiger partial charge in [-0.15, -0.1) is 5.10 Å². The summed E-state index contributed by atoms with van der Waals surface area (Å²) < 4.78 is 11.3. The van der Waals surface area contributed by atoms with E-state index in [0.29, 0.717) is 5.69 Å². The first-order chi connectivity index (χ1) is 10.3. The second-order valence-electron chi connectivity index (χ2n) is 5.41. The molecule has 9 nitrogen and oxygen atoms in total. The van der Waals surface area contributed by atoms with Crippen LogP contribution >= 0.6 is 0 Å². The van der Waals surface area contributed by atoms with E-state index in [9.17, 15) is 9.59 Å². The zero-order chi connectivity index (χ0) is 16.8. The molecule has 0 aliphatic carbocycles. The Morgan fingerprint density at radius 2 is 2.05 bits per heavy atom. The number of hydrogen-bond acceptors (Lipinski definition) is 7. The average molecular weight is 314 g/mol. The molecule has 0 saturated carbocycles. The van der Waals surface area contributed by atoms with Gasteiger partial charge < -0.3 is 19.9 Å². The number of hydrogen-bond donors (Lipinski definition) is 2. The molecule has 0 saturated heterocycles. The highest BCUT2D eigenvalue weighted by atomic mass is 16.6. The predicted octanol–water partition coefficient (Wildman–Crippen LogP) is 0.472. The van der Waals surface area contributed by atoms with E-state index in [0.717, 1.165) is 0 Å². The number of ether oxygens (including phenoxy) is 2. The molecule has 22 heavy (non-hydrogen) atoms. The number of amides is 1. The van der Waals surface area contributed by atoms with E-state index >= 15 is 0 Å². The summed E-state index contributed by atoms with van der Waals surface area (Å²) in [4.78, 5) is 23.5. The van der Waals surface area contributed by atoms with Crippen molar-refractivity contribution < 1.29 is 24.2 Å². The summed E-state index contributed by atoms with van der Waals surface area (Å²) in [6, 6.07) is 0. The summed E-state index contributed by atoms with van der Waals surface area (Å²) in [6.07, 6.45) is -0.626. The fourth-order valence-corrected chi connectivity index (χ4v) is 1.61. The van der Waals surface area contributed by atoms with Crippen LogP contribution in [0.2, 0.25) is 0 Å². The zero-order valence-corrected chi connectivity index (χ0v) is 13.3. The third kappa shape index (κ3) is 5.32. The van der Waals surface area contributed by atoms with E-state index in [1.54, 1.807) is 27.7 Å². The lowest BCUT2D eigenvalue weighted by Gasteiger charge is -2.19. The van der Waals surface area contributed by atoms with Gasteiger partial charge in [0.1, 0.15) is 5.60 Å². The smallest absolute Gasteiger partial charge is 0.407 e. The number of carbonyl (C=O) groups is 2. The van der Waals surface area contributed by atoms with Crippen molar-refractivity contribution in [3.05, 3.63) is 11.4 Å². The van der Waals surface area contributed by atoms with Crippen LogP contribution in [0.3, 0.4) is 0 Å². The van der Waals surface area contributed by atoms with Crippen molar-refractivity contribution in [2.45, 2.75) is 46.4 Å². The molecule has 0 bridgehead atoms. The molecule has 1 heterocycles. The van der Waals surface area contributed by atoms with Crippen molar-refractivity contribution in [3.63, 3.8) is 0 Å². The van der Waals surface area contributed by atoms with Crippen molar-refractivity contribution in [1.29, 1.82) is 0 Å². The maximum atomic E-state index is 11.8. The zero-order valence-electron chi connectivity index (χ0n) is 13.3. The van der Waals surface area contributed by atoms with Crippen molar-refractivity contribution in [2.75, 3.05) is 13.2 Å². The molecule has 0 spiro atoms. The van der Waals surface area contributed by atoms with Crippen LogP contribution in [0.5, 0.6) is 0 Å². The molecule has 0 aromatic carbocycles. The molecule has 1 rings (SSSR count). The summed E-state index contributed by atoms with van der Waals surface area (Å²) in [5.41, 5.74) is -0.276. The van der Waals surface area contributed by atoms with Crippen molar-refractivity contribution >= 4 is 12.1 Å². The van der Waals surface area contributed by atoms with Gasteiger partial charge in [0.25, 0.3) is 0 Å². The minimum absolute atomic E-state index is 0.00589. The number of aliphatic hydroxyl groups excluding tert-OH is 1. The first-order valence-electron chi connectivity index (χ1n) is 6.95. The van der Waals surface area contributed by atoms with E-state index in [4.69, 9.17) is 14.6 Å². The Hall–Kier alpha value is -2.16. The van der Waals surface area contributed by atoms with Crippen LogP contribution in [0.4, 0.5) is 4.79 Å². The van der Waals surface area contributed by atoms with Gasteiger partial charge in [-0.25, -0.2) is 14.3 Å². The molecule has 0 fully saturated rings. The SMILES string of the molecule is CCOC(=O)c1nnn(CCO)c1CNC(=O)OC(C)(C)C. The van der Waals surface area contributed by atoms with E-state index in [1.165, 1.54) is 4.68 Å². The predicted molar refractivity (Wildman–Crippen MR) is 76.1 cm³/mol. The van der Waals surface area contributed by atoms with E-state index in [1.807, 2.05) is 0 Å². The highest BCUT2D eigenvalue weighted by Gasteiger charge is 2.22. The van der Waals surface area contributed by atoms with Gasteiger partial charge in [0.05, 0.1) is 32.0 Å². The third-order valence-electron chi connectivity index (χ3n) is 2.42. The molecule has 9 heteroatoms. The lowest BCUT2D eigenvalue weighted by atomic mass is 10.2. The maximum absolute atomic E-state index is 11.8. The van der Waals surface area contributed by atoms with Gasteiger partial charge in [-0.2, -0.15) is 0 Å². The van der Waals surface area contributed by atoms with Crippen LogP contribution in [-0.4, -0.2) is 51.0 Å². The topological polar surface area (TPSA) is 116 Å². The van der Waals surface area contributed by atoms with Crippen LogP contribution in [0.15, 0.2) is 0 Å². The normalized spacial score (nSPS) is 11.1. The molecule has 124 valence electrons. The fourth-order valence-electron chi connectivity index (χ4n) is 1.61. The molecule has 0 radical (unpaired) electrons. The Kier molecular flexibility index (Phi) is 6.29.